The second-order valence-corrected chi connectivity index (χ2v) is 6.46. The number of methoxy groups -OCH3 is 1. The smallest absolute Gasteiger partial charge is 0.412 e. The van der Waals surface area contributed by atoms with Crippen LogP contribution in [0.25, 0.3) is 5.69 Å². The maximum absolute atomic E-state index is 12.1. The van der Waals surface area contributed by atoms with Crippen molar-refractivity contribution in [1.29, 1.82) is 5.26 Å². The summed E-state index contributed by atoms with van der Waals surface area (Å²) in [6, 6.07) is 8.61. The Morgan fingerprint density at radius 3 is 2.58 bits per heavy atom. The Morgan fingerprint density at radius 2 is 2.00 bits per heavy atom. The number of nitriles is 1. The van der Waals surface area contributed by atoms with Crippen molar-refractivity contribution in [1.82, 2.24) is 4.57 Å². The van der Waals surface area contributed by atoms with E-state index in [1.165, 1.54) is 17.9 Å². The fraction of sp³-hybridized carbons (Fsp3) is 0.278. The molecule has 0 aliphatic rings. The van der Waals surface area contributed by atoms with Gasteiger partial charge in [-0.2, -0.15) is 5.26 Å². The molecule has 0 atom stereocenters. The number of hydrogen-bond donors (Lipinski definition) is 2. The summed E-state index contributed by atoms with van der Waals surface area (Å²) < 4.78 is 11.4. The van der Waals surface area contributed by atoms with E-state index in [0.717, 1.165) is 0 Å². The van der Waals surface area contributed by atoms with Crippen LogP contribution in [-0.4, -0.2) is 29.3 Å². The van der Waals surface area contributed by atoms with Crippen LogP contribution in [-0.2, 0) is 9.47 Å². The van der Waals surface area contributed by atoms with Gasteiger partial charge in [0.2, 0.25) is 0 Å². The molecule has 1 heterocycles. The average Bonchev–Trinajstić information content (AvgIpc) is 2.89. The Balaban J connectivity index is 2.41. The Labute approximate surface area is 151 Å². The van der Waals surface area contributed by atoms with Crippen LogP contribution in [0.5, 0.6) is 0 Å². The number of carbonyl (C=O) groups is 2. The highest BCUT2D eigenvalue weighted by Crippen LogP contribution is 2.26. The minimum atomic E-state index is -0.672. The monoisotopic (exact) mass is 356 g/mol. The molecule has 1 aromatic heterocycles. The van der Waals surface area contributed by atoms with E-state index in [9.17, 15) is 14.9 Å². The molecule has 136 valence electrons. The molecule has 0 spiro atoms. The lowest BCUT2D eigenvalue weighted by Gasteiger charge is -2.20. The number of ether oxygens (including phenoxy) is 2. The van der Waals surface area contributed by atoms with Gasteiger partial charge in [0.25, 0.3) is 0 Å². The summed E-state index contributed by atoms with van der Waals surface area (Å²) in [5.74, 6) is -0.672. The zero-order valence-corrected chi connectivity index (χ0v) is 15.0. The van der Waals surface area contributed by atoms with Crippen molar-refractivity contribution in [2.24, 2.45) is 0 Å². The van der Waals surface area contributed by atoms with Crippen molar-refractivity contribution in [2.45, 2.75) is 26.4 Å². The van der Waals surface area contributed by atoms with E-state index in [0.29, 0.717) is 11.4 Å². The number of hydrogen-bond acceptors (Lipinski definition) is 6. The van der Waals surface area contributed by atoms with Gasteiger partial charge >= 0.3 is 12.1 Å². The molecule has 0 bridgehead atoms. The van der Waals surface area contributed by atoms with Crippen molar-refractivity contribution in [3.63, 3.8) is 0 Å². The minimum absolute atomic E-state index is 0.0323. The molecule has 0 radical (unpaired) electrons. The van der Waals surface area contributed by atoms with Gasteiger partial charge < -0.3 is 19.8 Å². The number of amides is 1. The number of nitrogens with one attached hydrogen (secondary N) is 1. The first kappa shape index (κ1) is 18.9. The molecule has 8 nitrogen and oxygen atoms in total. The van der Waals surface area contributed by atoms with Gasteiger partial charge in [0.05, 0.1) is 18.4 Å². The van der Waals surface area contributed by atoms with Crippen LogP contribution >= 0.6 is 0 Å². The highest BCUT2D eigenvalue weighted by Gasteiger charge is 2.22. The summed E-state index contributed by atoms with van der Waals surface area (Å²) >= 11 is 0. The van der Waals surface area contributed by atoms with E-state index >= 15 is 0 Å². The Morgan fingerprint density at radius 1 is 1.31 bits per heavy atom. The van der Waals surface area contributed by atoms with Crippen LogP contribution in [0.15, 0.2) is 30.5 Å². The van der Waals surface area contributed by atoms with E-state index in [1.807, 2.05) is 6.07 Å². The molecule has 0 unspecified atom stereocenters. The molecule has 0 saturated carbocycles. The molecule has 0 saturated heterocycles. The number of esters is 1. The second kappa shape index (κ2) is 7.19. The van der Waals surface area contributed by atoms with Crippen molar-refractivity contribution in [3.8, 4) is 11.8 Å². The summed E-state index contributed by atoms with van der Waals surface area (Å²) in [6.45, 7) is 5.28. The second-order valence-electron chi connectivity index (χ2n) is 6.46. The molecule has 3 N–H and O–H groups in total. The predicted molar refractivity (Wildman–Crippen MR) is 96.1 cm³/mol. The number of anilines is 2. The first-order chi connectivity index (χ1) is 12.2. The van der Waals surface area contributed by atoms with E-state index in [4.69, 9.17) is 15.2 Å². The van der Waals surface area contributed by atoms with Crippen LogP contribution in [0.2, 0.25) is 0 Å². The Bertz CT molecular complexity index is 888. The number of benzene rings is 1. The van der Waals surface area contributed by atoms with Crippen molar-refractivity contribution < 1.29 is 19.1 Å². The third kappa shape index (κ3) is 4.13. The quantitative estimate of drug-likeness (QED) is 0.816. The fourth-order valence-corrected chi connectivity index (χ4v) is 2.27. The standard InChI is InChI=1S/C18H20N4O4/c1-18(2,3)26-17(24)21-12-6-5-7-13(8-12)22-10-11(9-19)14(20)15(22)16(23)25-4/h5-8,10H,20H2,1-4H3,(H,21,24). The Kier molecular flexibility index (Phi) is 5.22. The molecule has 26 heavy (non-hydrogen) atoms. The molecule has 2 rings (SSSR count). The topological polar surface area (TPSA) is 119 Å². The molecule has 1 aromatic carbocycles. The first-order valence-corrected chi connectivity index (χ1v) is 7.76. The predicted octanol–water partition coefficient (Wildman–Crippen LogP) is 3.06. The third-order valence-corrected chi connectivity index (χ3v) is 3.31. The SMILES string of the molecule is COC(=O)c1c(N)c(C#N)cn1-c1cccc(NC(=O)OC(C)(C)C)c1. The normalized spacial score (nSPS) is 10.7. The van der Waals surface area contributed by atoms with Gasteiger partial charge in [-0.15, -0.1) is 0 Å². The van der Waals surface area contributed by atoms with Crippen molar-refractivity contribution in [2.75, 3.05) is 18.2 Å². The molecule has 0 aliphatic carbocycles. The maximum atomic E-state index is 12.1. The highest BCUT2D eigenvalue weighted by atomic mass is 16.6. The van der Waals surface area contributed by atoms with E-state index < -0.39 is 17.7 Å². The highest BCUT2D eigenvalue weighted by molar-refractivity contribution is 5.96. The van der Waals surface area contributed by atoms with Gasteiger partial charge in [0, 0.05) is 17.6 Å². The van der Waals surface area contributed by atoms with E-state index in [-0.39, 0.29) is 16.9 Å². The van der Waals surface area contributed by atoms with Gasteiger partial charge in [0.1, 0.15) is 11.7 Å². The third-order valence-electron chi connectivity index (χ3n) is 3.31. The van der Waals surface area contributed by atoms with Crippen molar-refractivity contribution >= 4 is 23.4 Å². The van der Waals surface area contributed by atoms with Gasteiger partial charge in [0.15, 0.2) is 5.69 Å². The lowest BCUT2D eigenvalue weighted by Crippen LogP contribution is -2.27. The van der Waals surface area contributed by atoms with Crippen LogP contribution in [0.4, 0.5) is 16.2 Å². The maximum Gasteiger partial charge on any atom is 0.412 e. The lowest BCUT2D eigenvalue weighted by atomic mass is 10.2. The summed E-state index contributed by atoms with van der Waals surface area (Å²) in [6.07, 6.45) is 0.835. The van der Waals surface area contributed by atoms with Crippen LogP contribution in [0, 0.1) is 11.3 Å². The number of aromatic nitrogens is 1. The van der Waals surface area contributed by atoms with Crippen LogP contribution < -0.4 is 11.1 Å². The van der Waals surface area contributed by atoms with Crippen LogP contribution in [0.1, 0.15) is 36.8 Å². The first-order valence-electron chi connectivity index (χ1n) is 7.76. The molecule has 1 amide bonds. The zero-order chi connectivity index (χ0) is 19.5. The molecular formula is C18H20N4O4. The van der Waals surface area contributed by atoms with Gasteiger partial charge in [-0.25, -0.2) is 9.59 Å². The number of rotatable bonds is 3. The molecule has 0 fully saturated rings. The number of nitrogens with zero attached hydrogens (tertiary/aromatic N) is 2. The fourth-order valence-electron chi connectivity index (χ4n) is 2.27. The Hall–Kier alpha value is -3.47. The lowest BCUT2D eigenvalue weighted by molar-refractivity contribution is 0.0590. The summed E-state index contributed by atoms with van der Waals surface area (Å²) in [5, 5.41) is 11.8. The largest absolute Gasteiger partial charge is 0.464 e. The van der Waals surface area contributed by atoms with Crippen LogP contribution in [0.3, 0.4) is 0 Å². The molecule has 0 aliphatic heterocycles. The molecule has 2 aromatic rings. The van der Waals surface area contributed by atoms with E-state index in [2.05, 4.69) is 5.32 Å². The minimum Gasteiger partial charge on any atom is -0.464 e. The van der Waals surface area contributed by atoms with Gasteiger partial charge in [-0.1, -0.05) is 6.07 Å². The molecule has 8 heteroatoms. The number of nitrogen functional groups attached to an aromatic ring is 1. The summed E-state index contributed by atoms with van der Waals surface area (Å²) in [4.78, 5) is 24.0. The van der Waals surface area contributed by atoms with Gasteiger partial charge in [-0.3, -0.25) is 5.32 Å². The van der Waals surface area contributed by atoms with E-state index in [1.54, 1.807) is 45.0 Å². The summed E-state index contributed by atoms with van der Waals surface area (Å²) in [5.41, 5.74) is 6.45. The summed E-state index contributed by atoms with van der Waals surface area (Å²) in [7, 11) is 1.23. The number of carbonyl (C=O) groups excluding carboxylic acids is 2. The average molecular weight is 356 g/mol. The number of nitrogens with two attached hydrogens (primary N) is 1. The van der Waals surface area contributed by atoms with Gasteiger partial charge in [-0.05, 0) is 39.0 Å². The zero-order valence-electron chi connectivity index (χ0n) is 15.0. The molecular weight excluding hydrogens is 336 g/mol. The van der Waals surface area contributed by atoms with Crippen molar-refractivity contribution in [3.05, 3.63) is 41.7 Å².